The van der Waals surface area contributed by atoms with Gasteiger partial charge in [0.2, 0.25) is 5.95 Å². The molecule has 0 bridgehead atoms. The van der Waals surface area contributed by atoms with Gasteiger partial charge in [-0.25, -0.2) is 19.2 Å². The molecule has 11 heteroatoms. The fourth-order valence-electron chi connectivity index (χ4n) is 4.19. The van der Waals surface area contributed by atoms with Crippen LogP contribution in [0, 0.1) is 5.82 Å². The maximum absolute atomic E-state index is 14.5. The highest BCUT2D eigenvalue weighted by Gasteiger charge is 2.21. The maximum atomic E-state index is 14.5. The van der Waals surface area contributed by atoms with Crippen LogP contribution in [0.15, 0.2) is 49.1 Å². The Hall–Kier alpha value is -4.54. The van der Waals surface area contributed by atoms with E-state index in [0.29, 0.717) is 52.8 Å². The summed E-state index contributed by atoms with van der Waals surface area (Å²) in [6, 6.07) is 8.31. The zero-order chi connectivity index (χ0) is 22.5. The fraction of sp³-hybridized carbons (Fsp3) is 0.136. The van der Waals surface area contributed by atoms with Crippen LogP contribution in [-0.4, -0.2) is 46.6 Å². The number of halogens is 1. The number of carbonyl (C=O) groups is 1. The third-order valence-corrected chi connectivity index (χ3v) is 5.71. The molecular weight excluding hydrogens is 429 g/mol. The molecule has 5 heterocycles. The van der Waals surface area contributed by atoms with Gasteiger partial charge in [0.15, 0.2) is 11.3 Å². The number of imidazole rings is 1. The Morgan fingerprint density at radius 1 is 1.21 bits per heavy atom. The minimum absolute atomic E-state index is 0.0242. The van der Waals surface area contributed by atoms with Crippen molar-refractivity contribution < 1.29 is 19.0 Å². The molecule has 6 rings (SSSR count). The van der Waals surface area contributed by atoms with Crippen LogP contribution in [0.25, 0.3) is 22.6 Å². The standard InChI is InChI=1S/C22H16FN7O3/c23-15-4-5-18-12(6-7-33-18)13(15)9-26-22-28-27-20-14(8-24-11-29(20)22)16-2-1-3-19-25-10-17(21(31)32)30(16)19/h1-5,8,10-11H,6-7,9H2,(H,26,28)(H,31,32). The van der Waals surface area contributed by atoms with Crippen molar-refractivity contribution in [1.82, 2.24) is 29.0 Å². The number of benzene rings is 1. The van der Waals surface area contributed by atoms with Crippen molar-refractivity contribution in [2.24, 2.45) is 0 Å². The second-order valence-corrected chi connectivity index (χ2v) is 7.53. The first-order valence-electron chi connectivity index (χ1n) is 10.2. The second kappa shape index (κ2) is 7.26. The molecule has 164 valence electrons. The molecule has 0 saturated carbocycles. The van der Waals surface area contributed by atoms with E-state index in [1.54, 1.807) is 41.2 Å². The Morgan fingerprint density at radius 2 is 2.12 bits per heavy atom. The maximum Gasteiger partial charge on any atom is 0.354 e. The summed E-state index contributed by atoms with van der Waals surface area (Å²) >= 11 is 0. The summed E-state index contributed by atoms with van der Waals surface area (Å²) in [4.78, 5) is 20.2. The molecular formula is C22H16FN7O3. The van der Waals surface area contributed by atoms with Crippen LogP contribution in [0.1, 0.15) is 21.6 Å². The van der Waals surface area contributed by atoms with Gasteiger partial charge < -0.3 is 15.2 Å². The van der Waals surface area contributed by atoms with Gasteiger partial charge in [0, 0.05) is 30.3 Å². The molecule has 0 unspecified atom stereocenters. The average Bonchev–Trinajstić information content (AvgIpc) is 3.56. The number of hydrogen-bond acceptors (Lipinski definition) is 7. The van der Waals surface area contributed by atoms with Crippen LogP contribution in [0.3, 0.4) is 0 Å². The largest absolute Gasteiger partial charge is 0.493 e. The van der Waals surface area contributed by atoms with Crippen molar-refractivity contribution in [3.05, 3.63) is 71.7 Å². The number of ether oxygens (including phenoxy) is 1. The predicted octanol–water partition coefficient (Wildman–Crippen LogP) is 2.82. The quantitative estimate of drug-likeness (QED) is 0.424. The van der Waals surface area contributed by atoms with E-state index in [1.807, 2.05) is 0 Å². The van der Waals surface area contributed by atoms with Crippen molar-refractivity contribution >= 4 is 23.2 Å². The Kier molecular flexibility index (Phi) is 4.22. The van der Waals surface area contributed by atoms with E-state index < -0.39 is 5.97 Å². The molecule has 10 nitrogen and oxygen atoms in total. The third-order valence-electron chi connectivity index (χ3n) is 5.71. The number of nitrogens with one attached hydrogen (secondary N) is 1. The number of nitrogens with zero attached hydrogens (tertiary/aromatic N) is 6. The van der Waals surface area contributed by atoms with Crippen LogP contribution in [0.5, 0.6) is 5.75 Å². The van der Waals surface area contributed by atoms with Crippen molar-refractivity contribution in [3.63, 3.8) is 0 Å². The number of aromatic carboxylic acids is 1. The molecule has 0 atom stereocenters. The number of anilines is 1. The number of carboxylic acids is 1. The predicted molar refractivity (Wildman–Crippen MR) is 115 cm³/mol. The van der Waals surface area contributed by atoms with Crippen LogP contribution < -0.4 is 10.1 Å². The second-order valence-electron chi connectivity index (χ2n) is 7.53. The van der Waals surface area contributed by atoms with Crippen molar-refractivity contribution in [3.8, 4) is 17.0 Å². The van der Waals surface area contributed by atoms with Crippen LogP contribution >= 0.6 is 0 Å². The number of aromatic nitrogens is 6. The zero-order valence-corrected chi connectivity index (χ0v) is 17.1. The molecule has 4 aromatic heterocycles. The molecule has 1 aromatic carbocycles. The molecule has 1 aliphatic heterocycles. The Bertz CT molecular complexity index is 1560. The topological polar surface area (TPSA) is 119 Å². The Labute approximate surface area is 185 Å². The van der Waals surface area contributed by atoms with Gasteiger partial charge in [-0.1, -0.05) is 6.07 Å². The molecule has 0 amide bonds. The first-order valence-corrected chi connectivity index (χ1v) is 10.2. The molecule has 0 radical (unpaired) electrons. The van der Waals surface area contributed by atoms with Crippen molar-refractivity contribution in [2.45, 2.75) is 13.0 Å². The van der Waals surface area contributed by atoms with E-state index in [9.17, 15) is 14.3 Å². The van der Waals surface area contributed by atoms with Gasteiger partial charge in [0.25, 0.3) is 0 Å². The molecule has 5 aromatic rings. The highest BCUT2D eigenvalue weighted by atomic mass is 19.1. The molecule has 0 spiro atoms. The summed E-state index contributed by atoms with van der Waals surface area (Å²) in [7, 11) is 0. The van der Waals surface area contributed by atoms with Crippen LogP contribution in [-0.2, 0) is 13.0 Å². The molecule has 1 aliphatic rings. The minimum Gasteiger partial charge on any atom is -0.493 e. The van der Waals surface area contributed by atoms with Gasteiger partial charge in [-0.05, 0) is 24.3 Å². The minimum atomic E-state index is -1.10. The normalized spacial score (nSPS) is 12.8. The molecule has 0 fully saturated rings. The highest BCUT2D eigenvalue weighted by Crippen LogP contribution is 2.31. The SMILES string of the molecule is O=C(O)c1cnc2cccc(-c3cncn4c(NCc5c(F)ccc6c5CCO6)nnc34)n12. The van der Waals surface area contributed by atoms with Crippen LogP contribution in [0.2, 0.25) is 0 Å². The summed E-state index contributed by atoms with van der Waals surface area (Å²) in [5.41, 5.74) is 3.49. The summed E-state index contributed by atoms with van der Waals surface area (Å²) in [6.07, 6.45) is 5.09. The van der Waals surface area contributed by atoms with E-state index in [1.165, 1.54) is 16.7 Å². The summed E-state index contributed by atoms with van der Waals surface area (Å²) in [5, 5.41) is 21.2. The van der Waals surface area contributed by atoms with Crippen molar-refractivity contribution in [2.75, 3.05) is 11.9 Å². The van der Waals surface area contributed by atoms with E-state index in [-0.39, 0.29) is 18.1 Å². The number of pyridine rings is 1. The number of rotatable bonds is 5. The first kappa shape index (κ1) is 19.2. The summed E-state index contributed by atoms with van der Waals surface area (Å²) in [6.45, 7) is 0.731. The Balaban J connectivity index is 1.41. The molecule has 0 saturated heterocycles. The first-order chi connectivity index (χ1) is 16.1. The van der Waals surface area contributed by atoms with E-state index in [4.69, 9.17) is 4.74 Å². The van der Waals surface area contributed by atoms with E-state index in [0.717, 1.165) is 5.56 Å². The number of fused-ring (bicyclic) bond motifs is 3. The van der Waals surface area contributed by atoms with Gasteiger partial charge in [0.1, 0.15) is 23.5 Å². The van der Waals surface area contributed by atoms with Gasteiger partial charge >= 0.3 is 5.97 Å². The smallest absolute Gasteiger partial charge is 0.354 e. The number of carboxylic acid groups (broad SMARTS) is 1. The lowest BCUT2D eigenvalue weighted by Gasteiger charge is -2.11. The average molecular weight is 445 g/mol. The molecule has 2 N–H and O–H groups in total. The van der Waals surface area contributed by atoms with Gasteiger partial charge in [0.05, 0.1) is 24.1 Å². The van der Waals surface area contributed by atoms with Gasteiger partial charge in [-0.3, -0.25) is 8.80 Å². The highest BCUT2D eigenvalue weighted by molar-refractivity contribution is 5.88. The van der Waals surface area contributed by atoms with E-state index in [2.05, 4.69) is 25.5 Å². The van der Waals surface area contributed by atoms with Crippen LogP contribution in [0.4, 0.5) is 10.3 Å². The van der Waals surface area contributed by atoms with Gasteiger partial charge in [-0.2, -0.15) is 0 Å². The lowest BCUT2D eigenvalue weighted by molar-refractivity contribution is 0.0689. The van der Waals surface area contributed by atoms with Gasteiger partial charge in [-0.15, -0.1) is 10.2 Å². The zero-order valence-electron chi connectivity index (χ0n) is 17.1. The number of hydrogen-bond donors (Lipinski definition) is 2. The van der Waals surface area contributed by atoms with E-state index >= 15 is 0 Å². The fourth-order valence-corrected chi connectivity index (χ4v) is 4.19. The third kappa shape index (κ3) is 2.97. The lowest BCUT2D eigenvalue weighted by atomic mass is 10.0. The lowest BCUT2D eigenvalue weighted by Crippen LogP contribution is -2.08. The molecule has 33 heavy (non-hydrogen) atoms. The van der Waals surface area contributed by atoms with Crippen molar-refractivity contribution in [1.29, 1.82) is 0 Å². The summed E-state index contributed by atoms with van der Waals surface area (Å²) < 4.78 is 23.2. The monoisotopic (exact) mass is 445 g/mol. The Morgan fingerprint density at radius 3 is 3.00 bits per heavy atom. The molecule has 0 aliphatic carbocycles. The summed E-state index contributed by atoms with van der Waals surface area (Å²) in [5.74, 6) is -0.329.